The number of carbonyl (C=O) groups excluding carboxylic acids is 2. The molecule has 0 fully saturated rings. The number of ether oxygens (including phenoxy) is 2. The lowest BCUT2D eigenvalue weighted by Gasteiger charge is -2.19. The van der Waals surface area contributed by atoms with Gasteiger partial charge in [-0.05, 0) is 51.4 Å². The predicted octanol–water partition coefficient (Wildman–Crippen LogP) is 10.9. The summed E-state index contributed by atoms with van der Waals surface area (Å²) in [6, 6.07) is 0. The van der Waals surface area contributed by atoms with Gasteiger partial charge in [0, 0.05) is 19.4 Å². The first kappa shape index (κ1) is 48.7. The monoisotopic (exact) mass is 737 g/mol. The zero-order valence-corrected chi connectivity index (χ0v) is 33.0. The molecule has 9 nitrogen and oxygen atoms in total. The second-order valence-corrected chi connectivity index (χ2v) is 14.2. The standard InChI is InChI=1S/C41H72NO8P/c1-3-5-7-9-11-13-15-17-18-19-20-22-24-26-28-30-32-34-41(44)50-39(38-49-51(45,46)48-36-35-42)37-47-40(43)33-31-29-27-25-23-21-16-14-12-10-8-6-4-2/h5,7,11,13,17-18,20,22,26,28,39H,3-4,6,8-10,12,14-16,19,21,23-25,27,29-38,42H2,1-2H3,(H,45,46)/b7-5+,13-11+,18-17+,22-20+,28-26+/t39-/m1/s1. The summed E-state index contributed by atoms with van der Waals surface area (Å²) in [7, 11) is -4.39. The van der Waals surface area contributed by atoms with Gasteiger partial charge in [0.25, 0.3) is 0 Å². The lowest BCUT2D eigenvalue weighted by atomic mass is 10.0. The number of allylic oxidation sites excluding steroid dienone is 10. The molecule has 0 spiro atoms. The zero-order chi connectivity index (χ0) is 37.5. The fourth-order valence-corrected chi connectivity index (χ4v) is 5.79. The molecule has 51 heavy (non-hydrogen) atoms. The van der Waals surface area contributed by atoms with Gasteiger partial charge in [-0.25, -0.2) is 4.57 Å². The topological polar surface area (TPSA) is 134 Å². The van der Waals surface area contributed by atoms with Crippen LogP contribution in [0.1, 0.15) is 155 Å². The van der Waals surface area contributed by atoms with Crippen LogP contribution in [0.25, 0.3) is 0 Å². The molecule has 0 aliphatic heterocycles. The minimum atomic E-state index is -4.39. The van der Waals surface area contributed by atoms with Crippen LogP contribution in [0.4, 0.5) is 0 Å². The Hall–Kier alpha value is -2.29. The highest BCUT2D eigenvalue weighted by atomic mass is 31.2. The number of carbonyl (C=O) groups is 2. The molecule has 0 rings (SSSR count). The number of phosphoric ester groups is 1. The van der Waals surface area contributed by atoms with E-state index >= 15 is 0 Å². The summed E-state index contributed by atoms with van der Waals surface area (Å²) in [6.45, 7) is 3.53. The van der Waals surface area contributed by atoms with Crippen molar-refractivity contribution in [2.45, 2.75) is 161 Å². The van der Waals surface area contributed by atoms with Gasteiger partial charge in [-0.15, -0.1) is 0 Å². The Morgan fingerprint density at radius 2 is 1.08 bits per heavy atom. The van der Waals surface area contributed by atoms with Gasteiger partial charge in [-0.1, -0.05) is 152 Å². The minimum absolute atomic E-state index is 0.0427. The van der Waals surface area contributed by atoms with Crippen molar-refractivity contribution in [1.29, 1.82) is 0 Å². The first-order chi connectivity index (χ1) is 24.8. The Morgan fingerprint density at radius 3 is 1.59 bits per heavy atom. The zero-order valence-electron chi connectivity index (χ0n) is 32.1. The van der Waals surface area contributed by atoms with Gasteiger partial charge in [0.1, 0.15) is 6.61 Å². The number of phosphoric acid groups is 1. The van der Waals surface area contributed by atoms with Gasteiger partial charge >= 0.3 is 19.8 Å². The highest BCUT2D eigenvalue weighted by molar-refractivity contribution is 7.47. The number of rotatable bonds is 36. The Balaban J connectivity index is 4.32. The molecule has 0 aromatic rings. The summed E-state index contributed by atoms with van der Waals surface area (Å²) >= 11 is 0. The van der Waals surface area contributed by atoms with Crippen LogP contribution in [0.5, 0.6) is 0 Å². The van der Waals surface area contributed by atoms with Crippen molar-refractivity contribution in [2.75, 3.05) is 26.4 Å². The predicted molar refractivity (Wildman–Crippen MR) is 210 cm³/mol. The lowest BCUT2D eigenvalue weighted by Crippen LogP contribution is -2.29. The molecule has 0 radical (unpaired) electrons. The van der Waals surface area contributed by atoms with E-state index in [1.165, 1.54) is 64.2 Å². The lowest BCUT2D eigenvalue weighted by molar-refractivity contribution is -0.161. The van der Waals surface area contributed by atoms with Crippen molar-refractivity contribution in [2.24, 2.45) is 5.73 Å². The summed E-state index contributed by atoms with van der Waals surface area (Å²) < 4.78 is 32.6. The van der Waals surface area contributed by atoms with Gasteiger partial charge < -0.3 is 20.1 Å². The van der Waals surface area contributed by atoms with E-state index in [4.69, 9.17) is 24.3 Å². The van der Waals surface area contributed by atoms with Crippen LogP contribution in [0, 0.1) is 0 Å². The quantitative estimate of drug-likeness (QED) is 0.0279. The normalized spacial score (nSPS) is 14.0. The van der Waals surface area contributed by atoms with E-state index in [0.717, 1.165) is 51.4 Å². The molecule has 2 atom stereocenters. The molecule has 0 bridgehead atoms. The average molecular weight is 738 g/mol. The summed E-state index contributed by atoms with van der Waals surface area (Å²) in [4.78, 5) is 34.7. The number of hydrogen-bond acceptors (Lipinski definition) is 8. The summed E-state index contributed by atoms with van der Waals surface area (Å²) in [6.07, 6.45) is 42.6. The molecule has 294 valence electrons. The van der Waals surface area contributed by atoms with Crippen molar-refractivity contribution in [3.63, 3.8) is 0 Å². The van der Waals surface area contributed by atoms with Crippen molar-refractivity contribution >= 4 is 19.8 Å². The smallest absolute Gasteiger partial charge is 0.462 e. The number of nitrogens with two attached hydrogens (primary N) is 1. The molecule has 0 saturated carbocycles. The minimum Gasteiger partial charge on any atom is -0.462 e. The maximum atomic E-state index is 12.5. The Bertz CT molecular complexity index is 1020. The van der Waals surface area contributed by atoms with E-state index in [2.05, 4.69) is 68.5 Å². The molecule has 3 N–H and O–H groups in total. The van der Waals surface area contributed by atoms with Crippen LogP contribution in [-0.4, -0.2) is 49.3 Å². The molecule has 1 unspecified atom stereocenters. The molecule has 0 saturated heterocycles. The van der Waals surface area contributed by atoms with Gasteiger partial charge in [0.05, 0.1) is 13.2 Å². The second kappa shape index (κ2) is 37.5. The maximum Gasteiger partial charge on any atom is 0.472 e. The van der Waals surface area contributed by atoms with Gasteiger partial charge in [0.2, 0.25) is 0 Å². The van der Waals surface area contributed by atoms with E-state index < -0.39 is 32.5 Å². The van der Waals surface area contributed by atoms with Gasteiger partial charge in [0.15, 0.2) is 6.10 Å². The van der Waals surface area contributed by atoms with E-state index in [-0.39, 0.29) is 32.6 Å². The molecule has 0 aromatic carbocycles. The van der Waals surface area contributed by atoms with E-state index in [1.54, 1.807) is 0 Å². The Morgan fingerprint density at radius 1 is 0.608 bits per heavy atom. The summed E-state index contributed by atoms with van der Waals surface area (Å²) in [5.74, 6) is -0.900. The second-order valence-electron chi connectivity index (χ2n) is 12.8. The van der Waals surface area contributed by atoms with Crippen molar-refractivity contribution < 1.29 is 37.6 Å². The number of hydrogen-bond donors (Lipinski definition) is 2. The van der Waals surface area contributed by atoms with Gasteiger partial charge in [-0.2, -0.15) is 0 Å². The van der Waals surface area contributed by atoms with E-state index in [1.807, 2.05) is 6.08 Å². The SMILES string of the molecule is CC/C=C/C/C=C/C/C=C/C/C=C/C/C=C/CCCC(=O)O[C@H](COC(=O)CCCCCCCCCCCCCCC)COP(=O)(O)OCCN. The third-order valence-corrected chi connectivity index (χ3v) is 8.90. The van der Waals surface area contributed by atoms with Gasteiger partial charge in [-0.3, -0.25) is 18.6 Å². The molecule has 0 aliphatic carbocycles. The first-order valence-corrected chi connectivity index (χ1v) is 21.3. The number of unbranched alkanes of at least 4 members (excludes halogenated alkanes) is 13. The highest BCUT2D eigenvalue weighted by Crippen LogP contribution is 2.43. The number of esters is 2. The third kappa shape index (κ3) is 37.3. The van der Waals surface area contributed by atoms with Crippen molar-refractivity contribution in [3.05, 3.63) is 60.8 Å². The van der Waals surface area contributed by atoms with Crippen LogP contribution in [-0.2, 0) is 32.7 Å². The summed E-state index contributed by atoms with van der Waals surface area (Å²) in [5, 5.41) is 0. The molecule has 10 heteroatoms. The van der Waals surface area contributed by atoms with E-state index in [0.29, 0.717) is 12.8 Å². The molecular formula is C41H72NO8P. The fraction of sp³-hybridized carbons (Fsp3) is 0.707. The highest BCUT2D eigenvalue weighted by Gasteiger charge is 2.25. The molecule has 0 aliphatic rings. The van der Waals surface area contributed by atoms with Crippen LogP contribution in [0.3, 0.4) is 0 Å². The average Bonchev–Trinajstić information content (AvgIpc) is 3.11. The Labute approximate surface area is 310 Å². The molecular weight excluding hydrogens is 665 g/mol. The van der Waals surface area contributed by atoms with Crippen molar-refractivity contribution in [3.8, 4) is 0 Å². The van der Waals surface area contributed by atoms with Crippen LogP contribution < -0.4 is 5.73 Å². The van der Waals surface area contributed by atoms with Crippen LogP contribution in [0.2, 0.25) is 0 Å². The largest absolute Gasteiger partial charge is 0.472 e. The summed E-state index contributed by atoms with van der Waals surface area (Å²) in [5.41, 5.74) is 5.33. The van der Waals surface area contributed by atoms with Crippen LogP contribution >= 0.6 is 7.82 Å². The van der Waals surface area contributed by atoms with Crippen molar-refractivity contribution in [1.82, 2.24) is 0 Å². The molecule has 0 heterocycles. The Kier molecular flexibility index (Phi) is 35.8. The van der Waals surface area contributed by atoms with Crippen LogP contribution in [0.15, 0.2) is 60.8 Å². The van der Waals surface area contributed by atoms with E-state index in [9.17, 15) is 19.0 Å². The third-order valence-electron chi connectivity index (χ3n) is 7.92. The first-order valence-electron chi connectivity index (χ1n) is 19.8. The maximum absolute atomic E-state index is 12.5. The fourth-order valence-electron chi connectivity index (χ4n) is 5.02. The molecule has 0 aromatic heterocycles. The molecule has 0 amide bonds.